The fraction of sp³-hybridized carbons (Fsp3) is 0.714. The van der Waals surface area contributed by atoms with Crippen LogP contribution in [0.4, 0.5) is 0 Å². The Hall–Kier alpha value is -0.950. The molecule has 0 atom stereocenters. The number of rotatable bonds is 5. The lowest BCUT2D eigenvalue weighted by Crippen LogP contribution is -1.69. The van der Waals surface area contributed by atoms with E-state index in [1.807, 2.05) is 6.08 Å². The van der Waals surface area contributed by atoms with E-state index in [2.05, 4.69) is 23.0 Å². The molecule has 0 aliphatic carbocycles. The van der Waals surface area contributed by atoms with E-state index in [0.29, 0.717) is 6.54 Å². The van der Waals surface area contributed by atoms with E-state index in [9.17, 15) is 0 Å². The zero-order valence-corrected chi connectivity index (χ0v) is 6.32. The van der Waals surface area contributed by atoms with Crippen molar-refractivity contribution in [2.75, 3.05) is 6.54 Å². The molecule has 56 valence electrons. The molecule has 0 aliphatic heterocycles. The van der Waals surface area contributed by atoms with Crippen LogP contribution in [0.25, 0.3) is 10.4 Å². The van der Waals surface area contributed by atoms with Crippen LogP contribution in [0.3, 0.4) is 0 Å². The monoisotopic (exact) mass is 139 g/mol. The molecule has 0 aromatic carbocycles. The maximum absolute atomic E-state index is 7.89. The van der Waals surface area contributed by atoms with Crippen molar-refractivity contribution in [1.29, 1.82) is 0 Å². The Morgan fingerprint density at radius 1 is 1.50 bits per heavy atom. The molecule has 0 saturated carbocycles. The molecule has 3 heteroatoms. The molecule has 3 nitrogen and oxygen atoms in total. The largest absolute Gasteiger partial charge is 0.0899 e. The van der Waals surface area contributed by atoms with E-state index in [4.69, 9.17) is 5.53 Å². The minimum atomic E-state index is 0.486. The highest BCUT2D eigenvalue weighted by Crippen LogP contribution is 1.94. The summed E-state index contributed by atoms with van der Waals surface area (Å²) in [5, 5.41) is 3.36. The van der Waals surface area contributed by atoms with Crippen molar-refractivity contribution < 1.29 is 0 Å². The lowest BCUT2D eigenvalue weighted by Gasteiger charge is -1.85. The summed E-state index contributed by atoms with van der Waals surface area (Å²) >= 11 is 0. The third kappa shape index (κ3) is 7.05. The maximum atomic E-state index is 7.89. The fourth-order valence-electron chi connectivity index (χ4n) is 0.598. The highest BCUT2D eigenvalue weighted by atomic mass is 15.1. The van der Waals surface area contributed by atoms with Gasteiger partial charge in [0.1, 0.15) is 0 Å². The second kappa shape index (κ2) is 8.05. The van der Waals surface area contributed by atoms with E-state index >= 15 is 0 Å². The number of unbranched alkanes of at least 4 members (excludes halogenated alkanes) is 2. The van der Waals surface area contributed by atoms with Gasteiger partial charge < -0.3 is 0 Å². The molecule has 0 spiro atoms. The molecule has 0 saturated heterocycles. The van der Waals surface area contributed by atoms with Crippen LogP contribution >= 0.6 is 0 Å². The summed E-state index contributed by atoms with van der Waals surface area (Å²) in [5.74, 6) is 0. The Morgan fingerprint density at radius 3 is 2.90 bits per heavy atom. The predicted molar refractivity (Wildman–Crippen MR) is 42.7 cm³/mol. The summed E-state index contributed by atoms with van der Waals surface area (Å²) < 4.78 is 0. The molecule has 10 heavy (non-hydrogen) atoms. The highest BCUT2D eigenvalue weighted by Gasteiger charge is 1.76. The molecule has 0 unspecified atom stereocenters. The lowest BCUT2D eigenvalue weighted by atomic mass is 10.2. The quantitative estimate of drug-likeness (QED) is 0.185. The summed E-state index contributed by atoms with van der Waals surface area (Å²) in [6, 6.07) is 0. The Bertz CT molecular complexity index is 134. The van der Waals surface area contributed by atoms with Crippen molar-refractivity contribution in [3.8, 4) is 0 Å². The third-order valence-electron chi connectivity index (χ3n) is 1.14. The van der Waals surface area contributed by atoms with Gasteiger partial charge in [-0.25, -0.2) is 0 Å². The summed E-state index contributed by atoms with van der Waals surface area (Å²) in [5.41, 5.74) is 7.89. The number of allylic oxidation sites excluding steroid dienone is 1. The van der Waals surface area contributed by atoms with Gasteiger partial charge in [0.2, 0.25) is 0 Å². The topological polar surface area (TPSA) is 48.8 Å². The average Bonchev–Trinajstić information content (AvgIpc) is 1.97. The molecule has 0 bridgehead atoms. The van der Waals surface area contributed by atoms with Crippen molar-refractivity contribution in [2.24, 2.45) is 5.11 Å². The molecule has 0 aromatic rings. The van der Waals surface area contributed by atoms with E-state index in [-0.39, 0.29) is 0 Å². The molecule has 0 fully saturated rings. The Kier molecular flexibility index (Phi) is 7.29. The van der Waals surface area contributed by atoms with Crippen molar-refractivity contribution >= 4 is 0 Å². The van der Waals surface area contributed by atoms with Crippen LogP contribution in [0.1, 0.15) is 26.2 Å². The third-order valence-corrected chi connectivity index (χ3v) is 1.14. The van der Waals surface area contributed by atoms with Crippen LogP contribution in [0.2, 0.25) is 0 Å². The molecule has 0 aromatic heterocycles. The maximum Gasteiger partial charge on any atom is 0.0440 e. The summed E-state index contributed by atoms with van der Waals surface area (Å²) in [6.45, 7) is 2.64. The lowest BCUT2D eigenvalue weighted by molar-refractivity contribution is 0.813. The van der Waals surface area contributed by atoms with Crippen molar-refractivity contribution in [3.05, 3.63) is 22.6 Å². The van der Waals surface area contributed by atoms with Gasteiger partial charge in [-0.15, -0.1) is 0 Å². The van der Waals surface area contributed by atoms with Crippen LogP contribution in [0.15, 0.2) is 17.3 Å². The van der Waals surface area contributed by atoms with E-state index in [1.165, 1.54) is 12.8 Å². The van der Waals surface area contributed by atoms with E-state index < -0.39 is 0 Å². The second-order valence-corrected chi connectivity index (χ2v) is 2.03. The number of hydrogen-bond donors (Lipinski definition) is 0. The second-order valence-electron chi connectivity index (χ2n) is 2.03. The van der Waals surface area contributed by atoms with Gasteiger partial charge in [-0.1, -0.05) is 37.0 Å². The van der Waals surface area contributed by atoms with E-state index in [1.54, 1.807) is 0 Å². The van der Waals surface area contributed by atoms with Crippen molar-refractivity contribution in [1.82, 2.24) is 0 Å². The molecule has 0 amide bonds. The van der Waals surface area contributed by atoms with Gasteiger partial charge in [0.05, 0.1) is 0 Å². The van der Waals surface area contributed by atoms with Gasteiger partial charge in [0.15, 0.2) is 0 Å². The Balaban J connectivity index is 3.11. The van der Waals surface area contributed by atoms with Crippen LogP contribution in [0.5, 0.6) is 0 Å². The fourth-order valence-corrected chi connectivity index (χ4v) is 0.598. The zero-order chi connectivity index (χ0) is 7.66. The normalized spacial score (nSPS) is 9.70. The number of hydrogen-bond acceptors (Lipinski definition) is 1. The van der Waals surface area contributed by atoms with E-state index in [0.717, 1.165) is 6.42 Å². The van der Waals surface area contributed by atoms with Gasteiger partial charge in [0.25, 0.3) is 0 Å². The van der Waals surface area contributed by atoms with Crippen LogP contribution < -0.4 is 0 Å². The molecule has 0 heterocycles. The summed E-state index contributed by atoms with van der Waals surface area (Å²) in [4.78, 5) is 2.63. The molecular formula is C7H13N3. The Labute approximate surface area is 61.4 Å². The minimum Gasteiger partial charge on any atom is -0.0899 e. The van der Waals surface area contributed by atoms with Gasteiger partial charge in [-0.05, 0) is 12.0 Å². The van der Waals surface area contributed by atoms with Crippen LogP contribution in [-0.2, 0) is 0 Å². The first-order chi connectivity index (χ1) is 4.91. The Morgan fingerprint density at radius 2 is 2.30 bits per heavy atom. The average molecular weight is 139 g/mol. The molecule has 0 aliphatic rings. The highest BCUT2D eigenvalue weighted by molar-refractivity contribution is 4.83. The summed E-state index contributed by atoms with van der Waals surface area (Å²) in [7, 11) is 0. The van der Waals surface area contributed by atoms with Gasteiger partial charge >= 0.3 is 0 Å². The zero-order valence-electron chi connectivity index (χ0n) is 6.32. The van der Waals surface area contributed by atoms with Crippen molar-refractivity contribution in [2.45, 2.75) is 26.2 Å². The minimum absolute atomic E-state index is 0.486. The van der Waals surface area contributed by atoms with Crippen molar-refractivity contribution in [3.63, 3.8) is 0 Å². The first-order valence-corrected chi connectivity index (χ1v) is 3.57. The molecule has 0 N–H and O–H groups in total. The standard InChI is InChI=1S/C7H13N3/c1-2-3-4-5-6-7-9-10-8/h5-6H,2-4,7H2,1H3. The van der Waals surface area contributed by atoms with Crippen LogP contribution in [0, 0.1) is 0 Å². The molecule has 0 rings (SSSR count). The predicted octanol–water partition coefficient (Wildman–Crippen LogP) is 3.04. The molecular weight excluding hydrogens is 126 g/mol. The molecule has 0 radical (unpaired) electrons. The van der Waals surface area contributed by atoms with Crippen LogP contribution in [-0.4, -0.2) is 6.54 Å². The smallest absolute Gasteiger partial charge is 0.0440 e. The van der Waals surface area contributed by atoms with Gasteiger partial charge in [-0.3, -0.25) is 0 Å². The SMILES string of the molecule is CCCCC=CCN=[N+]=[N-]. The first-order valence-electron chi connectivity index (χ1n) is 3.57. The first kappa shape index (κ1) is 9.05. The number of azide groups is 1. The van der Waals surface area contributed by atoms with Gasteiger partial charge in [-0.2, -0.15) is 0 Å². The van der Waals surface area contributed by atoms with Gasteiger partial charge in [0, 0.05) is 11.5 Å². The summed E-state index contributed by atoms with van der Waals surface area (Å²) in [6.07, 6.45) is 7.48. The number of nitrogens with zero attached hydrogens (tertiary/aromatic N) is 3.